The lowest BCUT2D eigenvalue weighted by atomic mass is 9.97. The normalized spacial score (nSPS) is 14.3. The van der Waals surface area contributed by atoms with Crippen molar-refractivity contribution in [2.24, 2.45) is 5.92 Å². The summed E-state index contributed by atoms with van der Waals surface area (Å²) in [4.78, 5) is 43.6. The minimum atomic E-state index is -0.896. The summed E-state index contributed by atoms with van der Waals surface area (Å²) in [5, 5.41) is 20.7. The third kappa shape index (κ3) is 4.54. The average Bonchev–Trinajstić information content (AvgIpc) is 2.72. The number of aliphatic carboxylic acids is 1. The number of hydrazine groups is 1. The number of hydrogen-bond donors (Lipinski definition) is 3. The van der Waals surface area contributed by atoms with Crippen LogP contribution in [0, 0.1) is 21.8 Å². The average molecular weight is 404 g/mol. The highest BCUT2D eigenvalue weighted by molar-refractivity contribution is 5.95. The molecule has 1 amide bonds. The minimum Gasteiger partial charge on any atom is -0.481 e. The van der Waals surface area contributed by atoms with Crippen LogP contribution in [0.3, 0.4) is 0 Å². The molecule has 0 bridgehead atoms. The Morgan fingerprint density at radius 3 is 2.45 bits per heavy atom. The number of benzene rings is 1. The zero-order valence-corrected chi connectivity index (χ0v) is 15.0. The standard InChI is InChI=1S/C17H17FN6O5/c18-12-3-1-10(2-4-12)16(25)22-21-14-13(24(28)29)15(20-9-19-14)23-7-5-11(6-8-23)17(26)27/h1-4,9,11H,5-8H2,(H,22,25)(H,26,27)(H,19,20,21). The van der Waals surface area contributed by atoms with Crippen molar-refractivity contribution >= 4 is 29.2 Å². The summed E-state index contributed by atoms with van der Waals surface area (Å²) in [5.74, 6) is -2.73. The Bertz CT molecular complexity index is 930. The number of nitrogens with zero attached hydrogens (tertiary/aromatic N) is 4. The molecule has 0 saturated carbocycles. The predicted molar refractivity (Wildman–Crippen MR) is 98.7 cm³/mol. The van der Waals surface area contributed by atoms with E-state index >= 15 is 0 Å². The van der Waals surface area contributed by atoms with E-state index in [2.05, 4.69) is 20.8 Å². The molecule has 3 rings (SSSR count). The number of carboxylic acids is 1. The molecule has 1 fully saturated rings. The third-order valence-corrected chi connectivity index (χ3v) is 4.53. The molecule has 12 heteroatoms. The van der Waals surface area contributed by atoms with Crippen molar-refractivity contribution in [2.45, 2.75) is 12.8 Å². The smallest absolute Gasteiger partial charge is 0.355 e. The molecule has 1 aliphatic heterocycles. The Kier molecular flexibility index (Phi) is 5.81. The Balaban J connectivity index is 1.77. The maximum atomic E-state index is 13.0. The summed E-state index contributed by atoms with van der Waals surface area (Å²) in [6, 6.07) is 4.75. The molecule has 1 aliphatic rings. The molecule has 1 aromatic heterocycles. The second-order valence-corrected chi connectivity index (χ2v) is 6.34. The van der Waals surface area contributed by atoms with Crippen LogP contribution in [-0.2, 0) is 4.79 Å². The van der Waals surface area contributed by atoms with Gasteiger partial charge in [-0.2, -0.15) is 0 Å². The third-order valence-electron chi connectivity index (χ3n) is 4.53. The van der Waals surface area contributed by atoms with Gasteiger partial charge in [-0.1, -0.05) is 0 Å². The van der Waals surface area contributed by atoms with Crippen LogP contribution in [0.5, 0.6) is 0 Å². The van der Waals surface area contributed by atoms with Crippen molar-refractivity contribution in [3.63, 3.8) is 0 Å². The van der Waals surface area contributed by atoms with E-state index in [0.29, 0.717) is 12.8 Å². The number of anilines is 2. The number of rotatable bonds is 6. The van der Waals surface area contributed by atoms with Crippen molar-refractivity contribution in [1.29, 1.82) is 0 Å². The van der Waals surface area contributed by atoms with Gasteiger partial charge in [0.1, 0.15) is 12.1 Å². The van der Waals surface area contributed by atoms with E-state index in [1.165, 1.54) is 12.1 Å². The topological polar surface area (TPSA) is 151 Å². The van der Waals surface area contributed by atoms with E-state index in [0.717, 1.165) is 18.5 Å². The predicted octanol–water partition coefficient (Wildman–Crippen LogP) is 1.58. The highest BCUT2D eigenvalue weighted by Crippen LogP contribution is 2.33. The van der Waals surface area contributed by atoms with Gasteiger partial charge >= 0.3 is 11.7 Å². The largest absolute Gasteiger partial charge is 0.481 e. The fourth-order valence-corrected chi connectivity index (χ4v) is 2.99. The number of amides is 1. The van der Waals surface area contributed by atoms with E-state index in [9.17, 15) is 24.1 Å². The van der Waals surface area contributed by atoms with Gasteiger partial charge in [-0.15, -0.1) is 0 Å². The quantitative estimate of drug-likeness (QED) is 0.481. The van der Waals surface area contributed by atoms with Crippen LogP contribution in [0.15, 0.2) is 30.6 Å². The fraction of sp³-hybridized carbons (Fsp3) is 0.294. The van der Waals surface area contributed by atoms with Crippen LogP contribution in [0.4, 0.5) is 21.7 Å². The molecule has 1 aromatic carbocycles. The minimum absolute atomic E-state index is 0.0346. The summed E-state index contributed by atoms with van der Waals surface area (Å²) >= 11 is 0. The molecular formula is C17H17FN6O5. The molecule has 0 aliphatic carbocycles. The zero-order chi connectivity index (χ0) is 21.0. The number of carboxylic acid groups (broad SMARTS) is 1. The molecule has 2 aromatic rings. The lowest BCUT2D eigenvalue weighted by molar-refractivity contribution is -0.383. The maximum absolute atomic E-state index is 13.0. The Hall–Kier alpha value is -3.83. The van der Waals surface area contributed by atoms with E-state index in [-0.39, 0.29) is 30.3 Å². The van der Waals surface area contributed by atoms with Crippen LogP contribution in [-0.4, -0.2) is 45.0 Å². The molecule has 1 saturated heterocycles. The number of carbonyl (C=O) groups is 2. The highest BCUT2D eigenvalue weighted by atomic mass is 19.1. The second kappa shape index (κ2) is 8.46. The van der Waals surface area contributed by atoms with Gasteiger partial charge in [-0.05, 0) is 37.1 Å². The van der Waals surface area contributed by atoms with E-state index in [4.69, 9.17) is 5.11 Å². The lowest BCUT2D eigenvalue weighted by Crippen LogP contribution is -2.37. The Morgan fingerprint density at radius 2 is 1.86 bits per heavy atom. The van der Waals surface area contributed by atoms with Crippen molar-refractivity contribution in [1.82, 2.24) is 15.4 Å². The molecule has 11 nitrogen and oxygen atoms in total. The summed E-state index contributed by atoms with van der Waals surface area (Å²) in [5.41, 5.74) is 4.39. The Morgan fingerprint density at radius 1 is 1.21 bits per heavy atom. The van der Waals surface area contributed by atoms with Crippen molar-refractivity contribution in [3.8, 4) is 0 Å². The van der Waals surface area contributed by atoms with Crippen LogP contribution < -0.4 is 15.8 Å². The number of hydrogen-bond acceptors (Lipinski definition) is 8. The molecule has 3 N–H and O–H groups in total. The number of piperidine rings is 1. The van der Waals surface area contributed by atoms with Gasteiger partial charge in [-0.25, -0.2) is 14.4 Å². The first-order valence-electron chi connectivity index (χ1n) is 8.66. The SMILES string of the molecule is O=C(NNc1ncnc(N2CCC(C(=O)O)CC2)c1[N+](=O)[O-])c1ccc(F)cc1. The Labute approximate surface area is 163 Å². The highest BCUT2D eigenvalue weighted by Gasteiger charge is 2.31. The summed E-state index contributed by atoms with van der Waals surface area (Å²) < 4.78 is 13.0. The molecule has 0 unspecified atom stereocenters. The van der Waals surface area contributed by atoms with Gasteiger partial charge in [-0.3, -0.25) is 30.6 Å². The zero-order valence-electron chi connectivity index (χ0n) is 15.0. The van der Waals surface area contributed by atoms with E-state index < -0.39 is 34.2 Å². The van der Waals surface area contributed by atoms with Crippen molar-refractivity contribution < 1.29 is 24.0 Å². The summed E-state index contributed by atoms with van der Waals surface area (Å²) in [6.45, 7) is 0.576. The van der Waals surface area contributed by atoms with Gasteiger partial charge in [0.05, 0.1) is 10.8 Å². The van der Waals surface area contributed by atoms with Gasteiger partial charge in [0, 0.05) is 18.7 Å². The molecule has 152 valence electrons. The van der Waals surface area contributed by atoms with E-state index in [1.807, 2.05) is 0 Å². The van der Waals surface area contributed by atoms with Crippen LogP contribution >= 0.6 is 0 Å². The van der Waals surface area contributed by atoms with Crippen LogP contribution in [0.2, 0.25) is 0 Å². The number of carbonyl (C=O) groups excluding carboxylic acids is 1. The van der Waals surface area contributed by atoms with Crippen molar-refractivity contribution in [2.75, 3.05) is 23.4 Å². The molecule has 0 atom stereocenters. The molecule has 0 radical (unpaired) electrons. The van der Waals surface area contributed by atoms with Crippen LogP contribution in [0.25, 0.3) is 0 Å². The molecule has 29 heavy (non-hydrogen) atoms. The number of halogens is 1. The number of aromatic nitrogens is 2. The summed E-state index contributed by atoms with van der Waals surface area (Å²) in [6.07, 6.45) is 1.78. The fourth-order valence-electron chi connectivity index (χ4n) is 2.99. The second-order valence-electron chi connectivity index (χ2n) is 6.34. The molecule has 2 heterocycles. The van der Waals surface area contributed by atoms with Gasteiger partial charge in [0.2, 0.25) is 11.6 Å². The van der Waals surface area contributed by atoms with Gasteiger partial charge in [0.25, 0.3) is 5.91 Å². The van der Waals surface area contributed by atoms with Gasteiger partial charge < -0.3 is 10.0 Å². The number of nitrogens with one attached hydrogen (secondary N) is 2. The number of nitro groups is 1. The maximum Gasteiger partial charge on any atom is 0.355 e. The summed E-state index contributed by atoms with van der Waals surface area (Å²) in [7, 11) is 0. The molecular weight excluding hydrogens is 387 g/mol. The first-order chi connectivity index (χ1) is 13.9. The first kappa shape index (κ1) is 19.9. The van der Waals surface area contributed by atoms with Crippen molar-refractivity contribution in [3.05, 3.63) is 52.1 Å². The molecule has 0 spiro atoms. The lowest BCUT2D eigenvalue weighted by Gasteiger charge is -2.30. The van der Waals surface area contributed by atoms with E-state index in [1.54, 1.807) is 4.90 Å². The monoisotopic (exact) mass is 404 g/mol. The van der Waals surface area contributed by atoms with Crippen LogP contribution in [0.1, 0.15) is 23.2 Å². The first-order valence-corrected chi connectivity index (χ1v) is 8.66. The van der Waals surface area contributed by atoms with Gasteiger partial charge in [0.15, 0.2) is 0 Å².